The highest BCUT2D eigenvalue weighted by molar-refractivity contribution is 6.21. The number of hydrogen-bond acceptors (Lipinski definition) is 3. The molecular formula is C17H17NO3. The Bertz CT molecular complexity index is 614. The van der Waals surface area contributed by atoms with Gasteiger partial charge in [-0.25, -0.2) is 0 Å². The standard InChI is InChI=1S/C17H17NO3/c1-2-9-17(10-5-8-14(17)19)11-18-15(20)12-6-3-4-7-13(12)16(18)21/h2-4,6-7H,1,5,8-11H2/t17-/m1/s1. The number of imide groups is 1. The average Bonchev–Trinajstić information content (AvgIpc) is 2.95. The van der Waals surface area contributed by atoms with Crippen LogP contribution < -0.4 is 0 Å². The Morgan fingerprint density at radius 1 is 1.14 bits per heavy atom. The van der Waals surface area contributed by atoms with E-state index in [0.29, 0.717) is 30.4 Å². The summed E-state index contributed by atoms with van der Waals surface area (Å²) in [5, 5.41) is 0. The highest BCUT2D eigenvalue weighted by atomic mass is 16.2. The molecule has 108 valence electrons. The summed E-state index contributed by atoms with van der Waals surface area (Å²) in [5.41, 5.74) is 0.234. The van der Waals surface area contributed by atoms with E-state index >= 15 is 0 Å². The van der Waals surface area contributed by atoms with E-state index < -0.39 is 5.41 Å². The summed E-state index contributed by atoms with van der Waals surface area (Å²) in [4.78, 5) is 38.3. The zero-order chi connectivity index (χ0) is 15.0. The van der Waals surface area contributed by atoms with Gasteiger partial charge in [-0.3, -0.25) is 19.3 Å². The molecule has 4 nitrogen and oxygen atoms in total. The van der Waals surface area contributed by atoms with Crippen molar-refractivity contribution >= 4 is 17.6 Å². The van der Waals surface area contributed by atoms with Crippen molar-refractivity contribution in [3.8, 4) is 0 Å². The van der Waals surface area contributed by atoms with Gasteiger partial charge in [-0.1, -0.05) is 18.2 Å². The van der Waals surface area contributed by atoms with Crippen LogP contribution in [-0.4, -0.2) is 29.0 Å². The van der Waals surface area contributed by atoms with E-state index in [0.717, 1.165) is 6.42 Å². The molecule has 0 unspecified atom stereocenters. The summed E-state index contributed by atoms with van der Waals surface area (Å²) in [7, 11) is 0. The highest BCUT2D eigenvalue weighted by Gasteiger charge is 2.46. The van der Waals surface area contributed by atoms with Gasteiger partial charge in [0.25, 0.3) is 11.8 Å². The zero-order valence-corrected chi connectivity index (χ0v) is 11.8. The Kier molecular flexibility index (Phi) is 3.24. The Balaban J connectivity index is 1.92. The summed E-state index contributed by atoms with van der Waals surface area (Å²) < 4.78 is 0. The second-order valence-corrected chi connectivity index (χ2v) is 5.79. The van der Waals surface area contributed by atoms with Crippen LogP contribution in [0.3, 0.4) is 0 Å². The molecular weight excluding hydrogens is 266 g/mol. The molecule has 0 spiro atoms. The minimum Gasteiger partial charge on any atom is -0.299 e. The number of amides is 2. The number of carbonyl (C=O) groups is 3. The van der Waals surface area contributed by atoms with Gasteiger partial charge in [0.15, 0.2) is 0 Å². The Labute approximate surface area is 123 Å². The van der Waals surface area contributed by atoms with Crippen molar-refractivity contribution in [3.63, 3.8) is 0 Å². The number of rotatable bonds is 4. The maximum atomic E-state index is 12.4. The lowest BCUT2D eigenvalue weighted by molar-refractivity contribution is -0.126. The van der Waals surface area contributed by atoms with Crippen molar-refractivity contribution in [1.29, 1.82) is 0 Å². The molecule has 0 radical (unpaired) electrons. The molecule has 1 aromatic carbocycles. The molecule has 2 amide bonds. The molecule has 1 fully saturated rings. The number of carbonyl (C=O) groups excluding carboxylic acids is 3. The quantitative estimate of drug-likeness (QED) is 0.630. The second-order valence-electron chi connectivity index (χ2n) is 5.79. The first kappa shape index (κ1) is 13.7. The number of benzene rings is 1. The number of ketones is 1. The molecule has 21 heavy (non-hydrogen) atoms. The van der Waals surface area contributed by atoms with E-state index in [2.05, 4.69) is 6.58 Å². The van der Waals surface area contributed by atoms with Crippen molar-refractivity contribution < 1.29 is 14.4 Å². The smallest absolute Gasteiger partial charge is 0.261 e. The summed E-state index contributed by atoms with van der Waals surface area (Å²) in [6, 6.07) is 6.81. The van der Waals surface area contributed by atoms with Gasteiger partial charge in [-0.05, 0) is 31.4 Å². The van der Waals surface area contributed by atoms with Crippen LogP contribution in [0.1, 0.15) is 46.4 Å². The molecule has 0 aromatic heterocycles. The van der Waals surface area contributed by atoms with Gasteiger partial charge in [-0.2, -0.15) is 0 Å². The monoisotopic (exact) mass is 283 g/mol. The molecule has 1 aromatic rings. The summed E-state index contributed by atoms with van der Waals surface area (Å²) >= 11 is 0. The van der Waals surface area contributed by atoms with Crippen molar-refractivity contribution in [1.82, 2.24) is 4.90 Å². The SMILES string of the molecule is C=CC[C@]1(CN2C(=O)c3ccccc3C2=O)CCCC1=O. The number of hydrogen-bond donors (Lipinski definition) is 0. The number of Topliss-reactive ketones (excluding diaryl/α,β-unsaturated/α-hetero) is 1. The van der Waals surface area contributed by atoms with Crippen molar-refractivity contribution in [2.24, 2.45) is 5.41 Å². The van der Waals surface area contributed by atoms with E-state index in [1.165, 1.54) is 4.90 Å². The van der Waals surface area contributed by atoms with Gasteiger partial charge in [0.05, 0.1) is 16.5 Å². The zero-order valence-electron chi connectivity index (χ0n) is 11.8. The fourth-order valence-corrected chi connectivity index (χ4v) is 3.40. The second kappa shape index (κ2) is 4.95. The van der Waals surface area contributed by atoms with Crippen LogP contribution >= 0.6 is 0 Å². The van der Waals surface area contributed by atoms with E-state index in [4.69, 9.17) is 0 Å². The van der Waals surface area contributed by atoms with Crippen LogP contribution in [0.4, 0.5) is 0 Å². The van der Waals surface area contributed by atoms with Gasteiger partial charge in [0.2, 0.25) is 0 Å². The van der Waals surface area contributed by atoms with Gasteiger partial charge in [-0.15, -0.1) is 6.58 Å². The third-order valence-corrected chi connectivity index (χ3v) is 4.52. The van der Waals surface area contributed by atoms with Gasteiger partial charge in [0, 0.05) is 13.0 Å². The molecule has 1 heterocycles. The van der Waals surface area contributed by atoms with Gasteiger partial charge in [0.1, 0.15) is 5.78 Å². The number of nitrogens with zero attached hydrogens (tertiary/aromatic N) is 1. The van der Waals surface area contributed by atoms with Crippen molar-refractivity contribution in [2.75, 3.05) is 6.54 Å². The minimum atomic E-state index is -0.630. The molecule has 0 saturated heterocycles. The van der Waals surface area contributed by atoms with Crippen LogP contribution in [0.15, 0.2) is 36.9 Å². The lowest BCUT2D eigenvalue weighted by Crippen LogP contribution is -2.43. The minimum absolute atomic E-state index is 0.138. The van der Waals surface area contributed by atoms with E-state index in [1.807, 2.05) is 0 Å². The normalized spacial score (nSPS) is 24.6. The average molecular weight is 283 g/mol. The van der Waals surface area contributed by atoms with Crippen molar-refractivity contribution in [2.45, 2.75) is 25.7 Å². The molecule has 1 aliphatic carbocycles. The fraction of sp³-hybridized carbons (Fsp3) is 0.353. The highest BCUT2D eigenvalue weighted by Crippen LogP contribution is 2.40. The molecule has 3 rings (SSSR count). The van der Waals surface area contributed by atoms with Gasteiger partial charge < -0.3 is 0 Å². The third-order valence-electron chi connectivity index (χ3n) is 4.52. The summed E-state index contributed by atoms with van der Waals surface area (Å²) in [5.74, 6) is -0.448. The first-order valence-electron chi connectivity index (χ1n) is 7.18. The maximum absolute atomic E-state index is 12.4. The van der Waals surface area contributed by atoms with Crippen LogP contribution in [0, 0.1) is 5.41 Å². The largest absolute Gasteiger partial charge is 0.299 e. The predicted molar refractivity (Wildman–Crippen MR) is 77.9 cm³/mol. The fourth-order valence-electron chi connectivity index (χ4n) is 3.40. The molecule has 1 aliphatic heterocycles. The summed E-state index contributed by atoms with van der Waals surface area (Å²) in [6.45, 7) is 3.89. The lowest BCUT2D eigenvalue weighted by atomic mass is 9.81. The Morgan fingerprint density at radius 3 is 2.24 bits per heavy atom. The number of fused-ring (bicyclic) bond motifs is 1. The lowest BCUT2D eigenvalue weighted by Gasteiger charge is -2.30. The van der Waals surface area contributed by atoms with E-state index in [-0.39, 0.29) is 24.1 Å². The molecule has 4 heteroatoms. The van der Waals surface area contributed by atoms with Crippen LogP contribution in [0.25, 0.3) is 0 Å². The van der Waals surface area contributed by atoms with Crippen LogP contribution in [0.2, 0.25) is 0 Å². The van der Waals surface area contributed by atoms with Crippen LogP contribution in [-0.2, 0) is 4.79 Å². The van der Waals surface area contributed by atoms with E-state index in [9.17, 15) is 14.4 Å². The Hall–Kier alpha value is -2.23. The van der Waals surface area contributed by atoms with Crippen molar-refractivity contribution in [3.05, 3.63) is 48.0 Å². The maximum Gasteiger partial charge on any atom is 0.261 e. The third kappa shape index (κ3) is 2.02. The molecule has 0 bridgehead atoms. The van der Waals surface area contributed by atoms with Gasteiger partial charge >= 0.3 is 0 Å². The number of allylic oxidation sites excluding steroid dienone is 1. The topological polar surface area (TPSA) is 54.5 Å². The Morgan fingerprint density at radius 2 is 1.76 bits per heavy atom. The molecule has 0 N–H and O–H groups in total. The molecule has 1 atom stereocenters. The predicted octanol–water partition coefficient (Wildman–Crippen LogP) is 2.60. The first-order valence-corrected chi connectivity index (χ1v) is 7.18. The van der Waals surface area contributed by atoms with Crippen LogP contribution in [0.5, 0.6) is 0 Å². The molecule has 1 saturated carbocycles. The molecule has 2 aliphatic rings. The first-order chi connectivity index (χ1) is 10.1. The van der Waals surface area contributed by atoms with E-state index in [1.54, 1.807) is 30.3 Å². The summed E-state index contributed by atoms with van der Waals surface area (Å²) in [6.07, 6.45) is 4.28.